The number of nitrogens with zero attached hydrogens (tertiary/aromatic N) is 2. The molecule has 4 heteroatoms. The molecule has 1 aromatic rings. The third-order valence-corrected chi connectivity index (χ3v) is 4.72. The van der Waals surface area contributed by atoms with E-state index in [0.717, 1.165) is 5.95 Å². The van der Waals surface area contributed by atoms with Crippen LogP contribution in [0.1, 0.15) is 57.8 Å². The van der Waals surface area contributed by atoms with Gasteiger partial charge in [0.15, 0.2) is 0 Å². The van der Waals surface area contributed by atoms with Crippen LogP contribution in [0.5, 0.6) is 0 Å². The van der Waals surface area contributed by atoms with E-state index in [1.807, 2.05) is 0 Å². The highest BCUT2D eigenvalue weighted by molar-refractivity contribution is 5.23. The molecule has 17 heavy (non-hydrogen) atoms. The fraction of sp³-hybridized carbons (Fsp3) is 0.846. The first-order valence-electron chi connectivity index (χ1n) is 6.98. The Morgan fingerprint density at radius 3 is 2.53 bits per heavy atom. The minimum absolute atomic E-state index is 0.593. The lowest BCUT2D eigenvalue weighted by Crippen LogP contribution is -2.35. The van der Waals surface area contributed by atoms with E-state index >= 15 is 0 Å². The largest absolute Gasteiger partial charge is 0.352 e. The van der Waals surface area contributed by atoms with Crippen molar-refractivity contribution in [1.82, 2.24) is 15.2 Å². The van der Waals surface area contributed by atoms with Crippen LogP contribution >= 0.6 is 0 Å². The highest BCUT2D eigenvalue weighted by Gasteiger charge is 2.36. The summed E-state index contributed by atoms with van der Waals surface area (Å²) in [6.07, 6.45) is 14.3. The lowest BCUT2D eigenvalue weighted by atomic mass is 9.64. The molecule has 4 nitrogen and oxygen atoms in total. The number of anilines is 1. The zero-order valence-corrected chi connectivity index (χ0v) is 10.4. The Morgan fingerprint density at radius 1 is 1.12 bits per heavy atom. The number of aromatic nitrogens is 3. The average Bonchev–Trinajstić information content (AvgIpc) is 2.87. The predicted molar refractivity (Wildman–Crippen MR) is 67.8 cm³/mol. The van der Waals surface area contributed by atoms with Crippen molar-refractivity contribution in [3.8, 4) is 0 Å². The summed E-state index contributed by atoms with van der Waals surface area (Å²) in [7, 11) is 0. The summed E-state index contributed by atoms with van der Waals surface area (Å²) < 4.78 is 0. The third kappa shape index (κ3) is 2.45. The van der Waals surface area contributed by atoms with Crippen molar-refractivity contribution in [3.05, 3.63) is 6.33 Å². The molecular formula is C13H22N4. The van der Waals surface area contributed by atoms with Gasteiger partial charge in [-0.05, 0) is 43.9 Å². The van der Waals surface area contributed by atoms with E-state index in [1.54, 1.807) is 6.33 Å². The molecule has 0 amide bonds. The van der Waals surface area contributed by atoms with Crippen LogP contribution < -0.4 is 5.32 Å². The van der Waals surface area contributed by atoms with Gasteiger partial charge < -0.3 is 5.32 Å². The fourth-order valence-corrected chi connectivity index (χ4v) is 3.64. The molecule has 0 aliphatic heterocycles. The summed E-state index contributed by atoms with van der Waals surface area (Å²) in [4.78, 5) is 4.14. The maximum absolute atomic E-state index is 4.14. The first-order chi connectivity index (χ1) is 8.36. The molecule has 1 heterocycles. The number of H-pyrrole nitrogens is 1. The van der Waals surface area contributed by atoms with Gasteiger partial charge in [0.05, 0.1) is 0 Å². The summed E-state index contributed by atoms with van der Waals surface area (Å²) in [6.45, 7) is 0. The van der Waals surface area contributed by atoms with Gasteiger partial charge in [-0.25, -0.2) is 10.1 Å². The number of hydrogen-bond acceptors (Lipinski definition) is 3. The monoisotopic (exact) mass is 234 g/mol. The highest BCUT2D eigenvalue weighted by atomic mass is 15.3. The highest BCUT2D eigenvalue weighted by Crippen LogP contribution is 2.47. The van der Waals surface area contributed by atoms with Gasteiger partial charge in [0.1, 0.15) is 6.33 Å². The van der Waals surface area contributed by atoms with E-state index in [4.69, 9.17) is 0 Å². The van der Waals surface area contributed by atoms with Crippen molar-refractivity contribution in [3.63, 3.8) is 0 Å². The molecular weight excluding hydrogens is 212 g/mol. The van der Waals surface area contributed by atoms with Crippen LogP contribution in [-0.2, 0) is 0 Å². The van der Waals surface area contributed by atoms with Crippen molar-refractivity contribution in [1.29, 1.82) is 0 Å². The van der Waals surface area contributed by atoms with E-state index in [0.29, 0.717) is 11.5 Å². The molecule has 0 atom stereocenters. The molecule has 0 bridgehead atoms. The topological polar surface area (TPSA) is 53.6 Å². The van der Waals surface area contributed by atoms with Gasteiger partial charge in [-0.1, -0.05) is 19.3 Å². The molecule has 3 rings (SSSR count). The minimum Gasteiger partial charge on any atom is -0.352 e. The molecule has 2 N–H and O–H groups in total. The van der Waals surface area contributed by atoms with Gasteiger partial charge >= 0.3 is 0 Å². The smallest absolute Gasteiger partial charge is 0.218 e. The average molecular weight is 234 g/mol. The molecule has 2 aliphatic carbocycles. The zero-order chi connectivity index (χ0) is 11.6. The normalized spacial score (nSPS) is 24.9. The van der Waals surface area contributed by atoms with E-state index in [-0.39, 0.29) is 0 Å². The summed E-state index contributed by atoms with van der Waals surface area (Å²) in [6, 6.07) is 0.593. The van der Waals surface area contributed by atoms with Gasteiger partial charge in [-0.3, -0.25) is 0 Å². The maximum atomic E-state index is 4.14. The van der Waals surface area contributed by atoms with Gasteiger partial charge in [-0.15, -0.1) is 0 Å². The van der Waals surface area contributed by atoms with Gasteiger partial charge in [0.25, 0.3) is 0 Å². The Kier molecular flexibility index (Phi) is 3.04. The first-order valence-corrected chi connectivity index (χ1v) is 6.98. The van der Waals surface area contributed by atoms with E-state index < -0.39 is 0 Å². The second-order valence-electron chi connectivity index (χ2n) is 5.81. The van der Waals surface area contributed by atoms with Crippen molar-refractivity contribution in [2.45, 2.75) is 63.8 Å². The van der Waals surface area contributed by atoms with Crippen LogP contribution in [0.4, 0.5) is 5.95 Å². The Morgan fingerprint density at radius 2 is 1.88 bits per heavy atom. The van der Waals surface area contributed by atoms with Crippen LogP contribution in [-0.4, -0.2) is 21.2 Å². The van der Waals surface area contributed by atoms with Crippen LogP contribution in [0.2, 0.25) is 0 Å². The van der Waals surface area contributed by atoms with Gasteiger partial charge in [0.2, 0.25) is 5.95 Å². The summed E-state index contributed by atoms with van der Waals surface area (Å²) in [5, 5.41) is 10.2. The molecule has 0 saturated heterocycles. The van der Waals surface area contributed by atoms with Crippen LogP contribution in [0.25, 0.3) is 0 Å². The van der Waals surface area contributed by atoms with Crippen LogP contribution in [0.3, 0.4) is 0 Å². The first kappa shape index (κ1) is 11.1. The Balaban J connectivity index is 1.53. The third-order valence-electron chi connectivity index (χ3n) is 4.72. The quantitative estimate of drug-likeness (QED) is 0.826. The van der Waals surface area contributed by atoms with Crippen LogP contribution in [0, 0.1) is 5.41 Å². The Labute approximate surface area is 103 Å². The Hall–Kier alpha value is -1.06. The fourth-order valence-electron chi connectivity index (χ4n) is 3.64. The van der Waals surface area contributed by atoms with Gasteiger partial charge in [-0.2, -0.15) is 5.10 Å². The van der Waals surface area contributed by atoms with Crippen molar-refractivity contribution in [2.24, 2.45) is 5.41 Å². The number of nitrogens with one attached hydrogen (secondary N) is 2. The summed E-state index contributed by atoms with van der Waals surface area (Å²) >= 11 is 0. The molecule has 2 aliphatic rings. The number of aromatic amines is 1. The molecule has 0 aromatic carbocycles. The second kappa shape index (κ2) is 4.67. The molecule has 2 fully saturated rings. The number of hydrogen-bond donors (Lipinski definition) is 2. The van der Waals surface area contributed by atoms with E-state index in [2.05, 4.69) is 20.5 Å². The number of rotatable bonds is 2. The SMILES string of the molecule is c1n[nH]c(NC2CCC3(CCCCC3)CC2)n1. The standard InChI is InChI=1S/C13H22N4/c1-2-6-13(7-3-1)8-4-11(5-9-13)16-12-14-10-15-17-12/h10-11H,1-9H2,(H2,14,15,16,17). The van der Waals surface area contributed by atoms with Crippen molar-refractivity contribution >= 4 is 5.95 Å². The summed E-state index contributed by atoms with van der Waals surface area (Å²) in [5.41, 5.74) is 0.706. The van der Waals surface area contributed by atoms with Crippen molar-refractivity contribution in [2.75, 3.05) is 5.32 Å². The lowest BCUT2D eigenvalue weighted by Gasteiger charge is -2.43. The molecule has 1 spiro atoms. The molecule has 0 unspecified atom stereocenters. The van der Waals surface area contributed by atoms with E-state index in [1.165, 1.54) is 57.8 Å². The summed E-state index contributed by atoms with van der Waals surface area (Å²) in [5.74, 6) is 0.828. The lowest BCUT2D eigenvalue weighted by molar-refractivity contribution is 0.118. The Bertz CT molecular complexity index is 330. The molecule has 1 aromatic heterocycles. The van der Waals surface area contributed by atoms with Crippen molar-refractivity contribution < 1.29 is 0 Å². The maximum Gasteiger partial charge on any atom is 0.218 e. The van der Waals surface area contributed by atoms with E-state index in [9.17, 15) is 0 Å². The van der Waals surface area contributed by atoms with Crippen LogP contribution in [0.15, 0.2) is 6.33 Å². The zero-order valence-electron chi connectivity index (χ0n) is 10.4. The predicted octanol–water partition coefficient (Wildman–Crippen LogP) is 3.11. The molecule has 94 valence electrons. The minimum atomic E-state index is 0.593. The second-order valence-corrected chi connectivity index (χ2v) is 5.81. The van der Waals surface area contributed by atoms with Gasteiger partial charge in [0, 0.05) is 6.04 Å². The molecule has 2 saturated carbocycles. The molecule has 0 radical (unpaired) electrons.